The zero-order valence-corrected chi connectivity index (χ0v) is 37.4. The van der Waals surface area contributed by atoms with Crippen LogP contribution in [0.15, 0.2) is 182 Å². The highest BCUT2D eigenvalue weighted by molar-refractivity contribution is 5.91. The van der Waals surface area contributed by atoms with E-state index in [-0.39, 0.29) is 23.7 Å². The first-order chi connectivity index (χ1) is 31.4. The van der Waals surface area contributed by atoms with E-state index < -0.39 is 0 Å². The van der Waals surface area contributed by atoms with Gasteiger partial charge in [-0.05, 0) is 139 Å². The average Bonchev–Trinajstić information content (AvgIpc) is 3.90. The number of fused-ring (bicyclic) bond motifs is 6. The third kappa shape index (κ3) is 6.30. The van der Waals surface area contributed by atoms with Gasteiger partial charge in [-0.2, -0.15) is 0 Å². The summed E-state index contributed by atoms with van der Waals surface area (Å²) in [5.74, 6) is 1.95. The Morgan fingerprint density at radius 2 is 1.05 bits per heavy atom. The SMILES string of the molecule is CCC1(CC)c2ccccc2N2c3nc4ccccc4nc3N(c3ccccc3)C2C1CC1N(c2ccc(-c3ccccc3C)cc2)C=CN1c1ccc(-c2ccccc2C)cc1C. The molecule has 3 atom stereocenters. The number of para-hydroxylation sites is 4. The molecule has 0 saturated heterocycles. The highest BCUT2D eigenvalue weighted by atomic mass is 15.5. The molecule has 3 aliphatic heterocycles. The minimum Gasteiger partial charge on any atom is -0.325 e. The summed E-state index contributed by atoms with van der Waals surface area (Å²) >= 11 is 0. The van der Waals surface area contributed by atoms with Crippen LogP contribution in [0.5, 0.6) is 0 Å². The number of aromatic nitrogens is 2. The topological polar surface area (TPSA) is 38.7 Å². The molecular formula is C58H54N6. The van der Waals surface area contributed by atoms with E-state index in [1.807, 2.05) is 0 Å². The summed E-state index contributed by atoms with van der Waals surface area (Å²) in [5, 5.41) is 0. The Labute approximate surface area is 377 Å². The smallest absolute Gasteiger partial charge is 0.179 e. The van der Waals surface area contributed by atoms with Crippen LogP contribution in [-0.4, -0.2) is 22.3 Å². The number of nitrogens with zero attached hydrogens (tertiary/aromatic N) is 6. The monoisotopic (exact) mass is 834 g/mol. The normalized spacial score (nSPS) is 18.4. The molecule has 0 amide bonds. The van der Waals surface area contributed by atoms with E-state index in [0.29, 0.717) is 0 Å². The second-order valence-electron chi connectivity index (χ2n) is 17.8. The molecule has 0 fully saturated rings. The summed E-state index contributed by atoms with van der Waals surface area (Å²) in [6.45, 7) is 11.5. The van der Waals surface area contributed by atoms with Gasteiger partial charge in [0, 0.05) is 46.5 Å². The van der Waals surface area contributed by atoms with E-state index in [2.05, 4.69) is 236 Å². The van der Waals surface area contributed by atoms with Crippen LogP contribution in [0, 0.1) is 26.7 Å². The maximum Gasteiger partial charge on any atom is 0.179 e. The van der Waals surface area contributed by atoms with Crippen molar-refractivity contribution >= 4 is 45.4 Å². The molecule has 4 heterocycles. The van der Waals surface area contributed by atoms with Gasteiger partial charge in [0.2, 0.25) is 0 Å². The predicted octanol–water partition coefficient (Wildman–Crippen LogP) is 14.4. The molecular weight excluding hydrogens is 781 g/mol. The first-order valence-electron chi connectivity index (χ1n) is 23.0. The first-order valence-corrected chi connectivity index (χ1v) is 23.0. The maximum absolute atomic E-state index is 5.48. The standard InChI is InChI=1S/C58H54N6/c1-6-58(7-2)48-25-15-18-28-53(48)64-56-55(59-50-26-16-17-27-51(50)60-56)63(45-21-9-8-10-22-45)57(64)49(58)38-54-61(44-32-29-42(30-33-44)46-23-13-11-19-39(46)3)35-36-62(54)52-34-31-43(37-41(52)5)47-24-14-12-20-40(47)4/h8-37,49,54,57H,6-7,38H2,1-5H3. The minimum absolute atomic E-state index is 0.0387. The molecule has 0 bridgehead atoms. The van der Waals surface area contributed by atoms with E-state index in [1.54, 1.807) is 0 Å². The lowest BCUT2D eigenvalue weighted by molar-refractivity contribution is 0.179. The van der Waals surface area contributed by atoms with Crippen LogP contribution in [-0.2, 0) is 5.41 Å². The molecule has 1 aromatic heterocycles. The van der Waals surface area contributed by atoms with Crippen LogP contribution in [0.25, 0.3) is 33.3 Å². The van der Waals surface area contributed by atoms with Crippen molar-refractivity contribution in [2.24, 2.45) is 5.92 Å². The average molecular weight is 835 g/mol. The van der Waals surface area contributed by atoms with Gasteiger partial charge in [-0.25, -0.2) is 9.97 Å². The first kappa shape index (κ1) is 39.7. The van der Waals surface area contributed by atoms with E-state index in [1.165, 1.54) is 61.6 Å². The third-order valence-corrected chi connectivity index (χ3v) is 14.6. The second-order valence-corrected chi connectivity index (χ2v) is 17.8. The number of hydrogen-bond acceptors (Lipinski definition) is 6. The summed E-state index contributed by atoms with van der Waals surface area (Å²) in [6, 6.07) is 61.9. The van der Waals surface area contributed by atoms with Crippen molar-refractivity contribution in [3.8, 4) is 22.3 Å². The number of hydrogen-bond donors (Lipinski definition) is 0. The largest absolute Gasteiger partial charge is 0.325 e. The van der Waals surface area contributed by atoms with E-state index in [0.717, 1.165) is 47.6 Å². The number of benzene rings is 7. The van der Waals surface area contributed by atoms with Crippen molar-refractivity contribution in [3.63, 3.8) is 0 Å². The molecule has 7 aromatic carbocycles. The van der Waals surface area contributed by atoms with Gasteiger partial charge in [0.1, 0.15) is 12.3 Å². The molecule has 0 aliphatic carbocycles. The molecule has 316 valence electrons. The molecule has 0 N–H and O–H groups in total. The molecule has 6 nitrogen and oxygen atoms in total. The number of rotatable bonds is 9. The Morgan fingerprint density at radius 1 is 0.484 bits per heavy atom. The summed E-state index contributed by atoms with van der Waals surface area (Å²) in [6.07, 6.45) is 7.34. The van der Waals surface area contributed by atoms with Crippen molar-refractivity contribution in [3.05, 3.63) is 205 Å². The van der Waals surface area contributed by atoms with Gasteiger partial charge in [-0.1, -0.05) is 129 Å². The van der Waals surface area contributed by atoms with Crippen LogP contribution in [0.3, 0.4) is 0 Å². The molecule has 8 aromatic rings. The van der Waals surface area contributed by atoms with Gasteiger partial charge in [0.15, 0.2) is 11.6 Å². The fraction of sp³-hybridized carbons (Fsp3) is 0.207. The van der Waals surface area contributed by atoms with E-state index in [4.69, 9.17) is 9.97 Å². The van der Waals surface area contributed by atoms with Gasteiger partial charge in [-0.3, -0.25) is 0 Å². The summed E-state index contributed by atoms with van der Waals surface area (Å²) in [4.78, 5) is 21.1. The zero-order chi connectivity index (χ0) is 43.5. The Balaban J connectivity index is 1.09. The number of anilines is 6. The fourth-order valence-electron chi connectivity index (χ4n) is 11.4. The summed E-state index contributed by atoms with van der Waals surface area (Å²) in [7, 11) is 0. The Hall–Kier alpha value is -7.18. The highest BCUT2D eigenvalue weighted by Gasteiger charge is 2.57. The molecule has 0 saturated carbocycles. The molecule has 0 spiro atoms. The quantitative estimate of drug-likeness (QED) is 0.144. The van der Waals surface area contributed by atoms with Gasteiger partial charge in [0.05, 0.1) is 11.0 Å². The van der Waals surface area contributed by atoms with Crippen molar-refractivity contribution < 1.29 is 0 Å². The molecule has 11 rings (SSSR count). The predicted molar refractivity (Wildman–Crippen MR) is 267 cm³/mol. The van der Waals surface area contributed by atoms with Gasteiger partial charge < -0.3 is 19.6 Å². The van der Waals surface area contributed by atoms with Crippen molar-refractivity contribution in [2.75, 3.05) is 19.6 Å². The lowest BCUT2D eigenvalue weighted by Crippen LogP contribution is -2.58. The van der Waals surface area contributed by atoms with E-state index >= 15 is 0 Å². The van der Waals surface area contributed by atoms with Gasteiger partial charge in [-0.15, -0.1) is 0 Å². The van der Waals surface area contributed by atoms with Crippen molar-refractivity contribution in [1.29, 1.82) is 0 Å². The van der Waals surface area contributed by atoms with Crippen molar-refractivity contribution in [1.82, 2.24) is 9.97 Å². The molecule has 3 aliphatic rings. The van der Waals surface area contributed by atoms with Gasteiger partial charge >= 0.3 is 0 Å². The Kier molecular flexibility index (Phi) is 9.83. The lowest BCUT2D eigenvalue weighted by atomic mass is 9.61. The third-order valence-electron chi connectivity index (χ3n) is 14.6. The number of aryl methyl sites for hydroxylation is 3. The highest BCUT2D eigenvalue weighted by Crippen LogP contribution is 2.60. The second kappa shape index (κ2) is 15.9. The molecule has 64 heavy (non-hydrogen) atoms. The zero-order valence-electron chi connectivity index (χ0n) is 37.4. The maximum atomic E-state index is 5.48. The molecule has 6 heteroatoms. The van der Waals surface area contributed by atoms with Crippen LogP contribution in [0.4, 0.5) is 34.4 Å². The molecule has 3 unspecified atom stereocenters. The fourth-order valence-corrected chi connectivity index (χ4v) is 11.4. The molecule has 0 radical (unpaired) electrons. The Bertz CT molecular complexity index is 3040. The lowest BCUT2D eigenvalue weighted by Gasteiger charge is -2.54. The van der Waals surface area contributed by atoms with Crippen LogP contribution >= 0.6 is 0 Å². The Morgan fingerprint density at radius 3 is 1.70 bits per heavy atom. The van der Waals surface area contributed by atoms with Gasteiger partial charge in [0.25, 0.3) is 0 Å². The van der Waals surface area contributed by atoms with Crippen molar-refractivity contribution in [2.45, 2.75) is 71.6 Å². The van der Waals surface area contributed by atoms with E-state index in [9.17, 15) is 0 Å². The minimum atomic E-state index is -0.162. The van der Waals surface area contributed by atoms with Crippen LogP contribution < -0.4 is 19.6 Å². The summed E-state index contributed by atoms with van der Waals surface area (Å²) < 4.78 is 0. The van der Waals surface area contributed by atoms with Crippen LogP contribution in [0.1, 0.15) is 55.4 Å². The van der Waals surface area contributed by atoms with Crippen LogP contribution in [0.2, 0.25) is 0 Å². The summed E-state index contributed by atoms with van der Waals surface area (Å²) in [5.41, 5.74) is 16.6.